The van der Waals surface area contributed by atoms with Crippen LogP contribution in [-0.2, 0) is 37.4 Å². The first-order chi connectivity index (χ1) is 20.9. The van der Waals surface area contributed by atoms with Gasteiger partial charge in [0.15, 0.2) is 17.8 Å². The van der Waals surface area contributed by atoms with Gasteiger partial charge < -0.3 is 24.3 Å². The molecule has 3 heterocycles. The highest BCUT2D eigenvalue weighted by Gasteiger charge is 2.26. The van der Waals surface area contributed by atoms with Crippen molar-refractivity contribution < 1.29 is 14.3 Å². The predicted octanol–water partition coefficient (Wildman–Crippen LogP) is 3.34. The molecule has 0 atom stereocenters. The van der Waals surface area contributed by atoms with E-state index < -0.39 is 0 Å². The van der Waals surface area contributed by atoms with Crippen LogP contribution in [0.2, 0.25) is 0 Å². The van der Waals surface area contributed by atoms with E-state index in [-0.39, 0.29) is 23.8 Å². The van der Waals surface area contributed by atoms with Crippen LogP contribution in [0, 0.1) is 0 Å². The predicted molar refractivity (Wildman–Crippen MR) is 166 cm³/mol. The fourth-order valence-corrected chi connectivity index (χ4v) is 5.51. The van der Waals surface area contributed by atoms with Crippen molar-refractivity contribution in [1.29, 1.82) is 0 Å². The average Bonchev–Trinajstić information content (AvgIpc) is 3.43. The third-order valence-corrected chi connectivity index (χ3v) is 7.67. The quantitative estimate of drug-likeness (QED) is 0.255. The number of carbonyl (C=O) groups excluding carboxylic acids is 1. The van der Waals surface area contributed by atoms with Crippen LogP contribution in [0.3, 0.4) is 0 Å². The standard InChI is InChI=1S/C32H40N6O5/c1-4-15-37-29-28(30(40)38(16-5-2)32(37)41)36-18-7-17-35(31(36)34-29)19-14-23-10-12-25(13-11-23)43-22-27(39)33-21-24-8-6-9-26(20-24)42-3/h6,8-13,20H,4-5,7,14-19,21-22H2,1-3H3,(H,33,39). The monoisotopic (exact) mass is 588 g/mol. The van der Waals surface area contributed by atoms with Gasteiger partial charge in [0, 0.05) is 39.3 Å². The largest absolute Gasteiger partial charge is 0.497 e. The summed E-state index contributed by atoms with van der Waals surface area (Å²) in [6.07, 6.45) is 3.15. The summed E-state index contributed by atoms with van der Waals surface area (Å²) in [4.78, 5) is 45.9. The summed E-state index contributed by atoms with van der Waals surface area (Å²) < 4.78 is 15.9. The Hall–Kier alpha value is -4.54. The van der Waals surface area contributed by atoms with Gasteiger partial charge in [-0.05, 0) is 61.1 Å². The van der Waals surface area contributed by atoms with Gasteiger partial charge in [-0.25, -0.2) is 4.79 Å². The van der Waals surface area contributed by atoms with Crippen molar-refractivity contribution in [3.05, 3.63) is 80.5 Å². The number of hydrogen-bond acceptors (Lipinski definition) is 7. The number of rotatable bonds is 13. The lowest BCUT2D eigenvalue weighted by Gasteiger charge is -2.29. The van der Waals surface area contributed by atoms with Crippen LogP contribution < -0.4 is 30.9 Å². The molecule has 0 bridgehead atoms. The maximum atomic E-state index is 13.4. The van der Waals surface area contributed by atoms with E-state index in [1.807, 2.05) is 66.9 Å². The lowest BCUT2D eigenvalue weighted by atomic mass is 10.1. The minimum Gasteiger partial charge on any atom is -0.497 e. The molecule has 0 radical (unpaired) electrons. The van der Waals surface area contributed by atoms with Crippen LogP contribution in [0.25, 0.3) is 11.2 Å². The number of imidazole rings is 1. The molecule has 5 rings (SSSR count). The normalized spacial score (nSPS) is 12.8. The molecule has 43 heavy (non-hydrogen) atoms. The summed E-state index contributed by atoms with van der Waals surface area (Å²) in [6, 6.07) is 15.3. The minimum absolute atomic E-state index is 0.0730. The summed E-state index contributed by atoms with van der Waals surface area (Å²) in [7, 11) is 1.61. The van der Waals surface area contributed by atoms with Gasteiger partial charge in [0.1, 0.15) is 11.5 Å². The van der Waals surface area contributed by atoms with E-state index in [2.05, 4.69) is 10.2 Å². The molecule has 0 saturated heterocycles. The lowest BCUT2D eigenvalue weighted by molar-refractivity contribution is -0.123. The Bertz CT molecular complexity index is 1690. The number of anilines is 1. The molecule has 0 unspecified atom stereocenters. The first-order valence-electron chi connectivity index (χ1n) is 15.0. The molecule has 4 aromatic rings. The van der Waals surface area contributed by atoms with Crippen molar-refractivity contribution >= 4 is 23.0 Å². The first kappa shape index (κ1) is 29.9. The van der Waals surface area contributed by atoms with Crippen molar-refractivity contribution in [2.24, 2.45) is 0 Å². The van der Waals surface area contributed by atoms with Crippen LogP contribution in [0.1, 0.15) is 44.2 Å². The van der Waals surface area contributed by atoms with Crippen LogP contribution >= 0.6 is 0 Å². The van der Waals surface area contributed by atoms with Crippen LogP contribution in [0.15, 0.2) is 58.1 Å². The van der Waals surface area contributed by atoms with Gasteiger partial charge in [0.25, 0.3) is 11.5 Å². The second-order valence-electron chi connectivity index (χ2n) is 10.8. The van der Waals surface area contributed by atoms with E-state index >= 15 is 0 Å². The summed E-state index contributed by atoms with van der Waals surface area (Å²) in [5.74, 6) is 1.91. The molecular formula is C32H40N6O5. The van der Waals surface area contributed by atoms with Crippen molar-refractivity contribution in [1.82, 2.24) is 24.0 Å². The number of benzene rings is 2. The Balaban J connectivity index is 1.21. The third-order valence-electron chi connectivity index (χ3n) is 7.67. The zero-order chi connectivity index (χ0) is 30.3. The summed E-state index contributed by atoms with van der Waals surface area (Å²) in [6.45, 7) is 7.48. The van der Waals surface area contributed by atoms with E-state index in [0.717, 1.165) is 55.2 Å². The minimum atomic E-state index is -0.278. The molecular weight excluding hydrogens is 548 g/mol. The van der Waals surface area contributed by atoms with Gasteiger partial charge in [0.05, 0.1) is 7.11 Å². The fraction of sp³-hybridized carbons (Fsp3) is 0.438. The first-order valence-corrected chi connectivity index (χ1v) is 15.0. The van der Waals surface area contributed by atoms with E-state index in [4.69, 9.17) is 14.5 Å². The average molecular weight is 589 g/mol. The molecule has 0 aliphatic carbocycles. The third kappa shape index (κ3) is 6.60. The summed E-state index contributed by atoms with van der Waals surface area (Å²) >= 11 is 0. The molecule has 11 heteroatoms. The number of nitrogens with one attached hydrogen (secondary N) is 1. The topological polar surface area (TPSA) is 113 Å². The molecule has 0 saturated carbocycles. The highest BCUT2D eigenvalue weighted by atomic mass is 16.5. The maximum absolute atomic E-state index is 13.4. The second kappa shape index (κ2) is 13.6. The smallest absolute Gasteiger partial charge is 0.332 e. The van der Waals surface area contributed by atoms with Crippen molar-refractivity contribution in [2.45, 2.75) is 65.7 Å². The second-order valence-corrected chi connectivity index (χ2v) is 10.8. The van der Waals surface area contributed by atoms with Crippen LogP contribution in [-0.4, -0.2) is 51.4 Å². The van der Waals surface area contributed by atoms with Crippen molar-refractivity contribution in [3.8, 4) is 11.5 Å². The molecule has 1 N–H and O–H groups in total. The highest BCUT2D eigenvalue weighted by molar-refractivity contribution is 5.77. The molecule has 2 aromatic carbocycles. The Morgan fingerprint density at radius 3 is 2.44 bits per heavy atom. The molecule has 1 amide bonds. The Labute approximate surface area is 250 Å². The van der Waals surface area contributed by atoms with E-state index in [1.54, 1.807) is 11.7 Å². The number of methoxy groups -OCH3 is 1. The number of aryl methyl sites for hydroxylation is 2. The van der Waals surface area contributed by atoms with Gasteiger partial charge in [-0.15, -0.1) is 0 Å². The molecule has 2 aromatic heterocycles. The summed E-state index contributed by atoms with van der Waals surface area (Å²) in [5, 5.41) is 2.86. The molecule has 228 valence electrons. The number of nitrogens with zero attached hydrogens (tertiary/aromatic N) is 5. The van der Waals surface area contributed by atoms with Crippen LogP contribution in [0.4, 0.5) is 5.95 Å². The van der Waals surface area contributed by atoms with Gasteiger partial charge in [-0.2, -0.15) is 4.98 Å². The number of carbonyl (C=O) groups is 1. The molecule has 1 aliphatic heterocycles. The number of amides is 1. The number of ether oxygens (including phenoxy) is 2. The Kier molecular flexibility index (Phi) is 9.48. The molecule has 0 fully saturated rings. The Morgan fingerprint density at radius 2 is 1.70 bits per heavy atom. The SMILES string of the molecule is CCCn1c(=O)c2c(nc3n2CCCN3CCc2ccc(OCC(=O)NCc3cccc(OC)c3)cc2)n(CCC)c1=O. The Morgan fingerprint density at radius 1 is 0.930 bits per heavy atom. The summed E-state index contributed by atoms with van der Waals surface area (Å²) in [5.41, 5.74) is 2.55. The maximum Gasteiger partial charge on any atom is 0.332 e. The van der Waals surface area contributed by atoms with Gasteiger partial charge in [-0.1, -0.05) is 38.1 Å². The van der Waals surface area contributed by atoms with E-state index in [1.165, 1.54) is 4.57 Å². The number of fused-ring (bicyclic) bond motifs is 3. The number of hydrogen-bond donors (Lipinski definition) is 1. The van der Waals surface area contributed by atoms with Gasteiger partial charge >= 0.3 is 5.69 Å². The van der Waals surface area contributed by atoms with Gasteiger partial charge in [-0.3, -0.25) is 18.7 Å². The highest BCUT2D eigenvalue weighted by Crippen LogP contribution is 2.25. The molecule has 0 spiro atoms. The van der Waals surface area contributed by atoms with E-state index in [0.29, 0.717) is 49.5 Å². The zero-order valence-corrected chi connectivity index (χ0v) is 25.2. The van der Waals surface area contributed by atoms with Crippen molar-refractivity contribution in [2.75, 3.05) is 31.7 Å². The fourth-order valence-electron chi connectivity index (χ4n) is 5.51. The lowest BCUT2D eigenvalue weighted by Crippen LogP contribution is -2.41. The molecule has 1 aliphatic rings. The zero-order valence-electron chi connectivity index (χ0n) is 25.2. The van der Waals surface area contributed by atoms with Gasteiger partial charge in [0.2, 0.25) is 5.95 Å². The molecule has 11 nitrogen and oxygen atoms in total. The number of aromatic nitrogens is 4. The van der Waals surface area contributed by atoms with Crippen molar-refractivity contribution in [3.63, 3.8) is 0 Å². The van der Waals surface area contributed by atoms with Crippen LogP contribution in [0.5, 0.6) is 11.5 Å². The van der Waals surface area contributed by atoms with E-state index in [9.17, 15) is 14.4 Å².